The minimum atomic E-state index is 0.638. The molecule has 0 amide bonds. The predicted octanol–water partition coefficient (Wildman–Crippen LogP) is 2.68. The Balaban J connectivity index is 1.71. The van der Waals surface area contributed by atoms with E-state index in [-0.39, 0.29) is 0 Å². The van der Waals surface area contributed by atoms with Crippen LogP contribution in [0.4, 0.5) is 0 Å². The number of ether oxygens (including phenoxy) is 1. The molecule has 20 heavy (non-hydrogen) atoms. The first-order valence-electron chi connectivity index (χ1n) is 6.84. The standard InChI is InChI=1S/C15H19N3OS/c1-19-14-4-2-11(3-5-14)15-12(9-17-18-15)8-16-13-6-7-20-10-13/h2-5,9,13,16H,6-8,10H2,1H3,(H,17,18)/t13-/m1/s1. The highest BCUT2D eigenvalue weighted by Gasteiger charge is 2.16. The Morgan fingerprint density at radius 1 is 1.40 bits per heavy atom. The van der Waals surface area contributed by atoms with Gasteiger partial charge in [0.05, 0.1) is 19.0 Å². The van der Waals surface area contributed by atoms with Gasteiger partial charge in [0, 0.05) is 29.5 Å². The summed E-state index contributed by atoms with van der Waals surface area (Å²) in [5, 5.41) is 10.9. The first kappa shape index (κ1) is 13.5. The van der Waals surface area contributed by atoms with E-state index in [1.54, 1.807) is 7.11 Å². The molecule has 106 valence electrons. The van der Waals surface area contributed by atoms with Gasteiger partial charge in [-0.25, -0.2) is 0 Å². The molecule has 2 heterocycles. The molecular formula is C15H19N3OS. The van der Waals surface area contributed by atoms with Crippen LogP contribution in [-0.4, -0.2) is 34.9 Å². The summed E-state index contributed by atoms with van der Waals surface area (Å²) in [5.41, 5.74) is 3.44. The molecule has 1 aromatic heterocycles. The van der Waals surface area contributed by atoms with Crippen molar-refractivity contribution in [3.8, 4) is 17.0 Å². The fourth-order valence-electron chi connectivity index (χ4n) is 2.40. The molecule has 1 aliphatic rings. The van der Waals surface area contributed by atoms with Crippen molar-refractivity contribution in [2.24, 2.45) is 0 Å². The van der Waals surface area contributed by atoms with Gasteiger partial charge in [-0.05, 0) is 36.4 Å². The van der Waals surface area contributed by atoms with Gasteiger partial charge in [-0.2, -0.15) is 16.9 Å². The zero-order valence-corrected chi connectivity index (χ0v) is 12.4. The fourth-order valence-corrected chi connectivity index (χ4v) is 3.59. The van der Waals surface area contributed by atoms with E-state index in [1.807, 2.05) is 30.1 Å². The van der Waals surface area contributed by atoms with Crippen LogP contribution in [-0.2, 0) is 6.54 Å². The van der Waals surface area contributed by atoms with Gasteiger partial charge in [-0.15, -0.1) is 0 Å². The Bertz CT molecular complexity index is 547. The molecule has 0 unspecified atom stereocenters. The molecule has 0 spiro atoms. The maximum atomic E-state index is 5.19. The van der Waals surface area contributed by atoms with E-state index in [0.29, 0.717) is 6.04 Å². The molecular weight excluding hydrogens is 270 g/mol. The SMILES string of the molecule is COc1ccc(-c2[nH]ncc2CN[C@@H]2CCSC2)cc1. The Kier molecular flexibility index (Phi) is 4.28. The molecule has 1 aromatic carbocycles. The highest BCUT2D eigenvalue weighted by molar-refractivity contribution is 7.99. The monoisotopic (exact) mass is 289 g/mol. The second kappa shape index (κ2) is 6.33. The average Bonchev–Trinajstić information content (AvgIpc) is 3.16. The summed E-state index contributed by atoms with van der Waals surface area (Å²) in [6.45, 7) is 0.864. The lowest BCUT2D eigenvalue weighted by atomic mass is 10.1. The summed E-state index contributed by atoms with van der Waals surface area (Å²) in [7, 11) is 1.68. The van der Waals surface area contributed by atoms with Crippen LogP contribution in [0.2, 0.25) is 0 Å². The Hall–Kier alpha value is -1.46. The molecule has 0 radical (unpaired) electrons. The number of rotatable bonds is 5. The normalized spacial score (nSPS) is 18.4. The van der Waals surface area contributed by atoms with E-state index < -0.39 is 0 Å². The Labute approximate surface area is 123 Å². The maximum Gasteiger partial charge on any atom is 0.118 e. The van der Waals surface area contributed by atoms with Crippen LogP contribution in [0, 0.1) is 0 Å². The third-order valence-electron chi connectivity index (χ3n) is 3.61. The van der Waals surface area contributed by atoms with Gasteiger partial charge in [0.25, 0.3) is 0 Å². The molecule has 1 aliphatic heterocycles. The largest absolute Gasteiger partial charge is 0.497 e. The minimum absolute atomic E-state index is 0.638. The van der Waals surface area contributed by atoms with Gasteiger partial charge >= 0.3 is 0 Å². The lowest BCUT2D eigenvalue weighted by Gasteiger charge is -2.11. The van der Waals surface area contributed by atoms with Crippen LogP contribution >= 0.6 is 11.8 Å². The van der Waals surface area contributed by atoms with Crippen molar-refractivity contribution in [1.82, 2.24) is 15.5 Å². The summed E-state index contributed by atoms with van der Waals surface area (Å²) in [6, 6.07) is 8.70. The molecule has 4 nitrogen and oxygen atoms in total. The zero-order chi connectivity index (χ0) is 13.8. The zero-order valence-electron chi connectivity index (χ0n) is 11.6. The van der Waals surface area contributed by atoms with Crippen LogP contribution in [0.15, 0.2) is 30.5 Å². The first-order chi connectivity index (χ1) is 9.86. The summed E-state index contributed by atoms with van der Waals surface area (Å²) < 4.78 is 5.19. The summed E-state index contributed by atoms with van der Waals surface area (Å²) in [5.74, 6) is 3.36. The smallest absolute Gasteiger partial charge is 0.118 e. The van der Waals surface area contributed by atoms with E-state index in [1.165, 1.54) is 23.5 Å². The number of nitrogens with one attached hydrogen (secondary N) is 2. The third kappa shape index (κ3) is 2.99. The topological polar surface area (TPSA) is 49.9 Å². The molecule has 0 bridgehead atoms. The van der Waals surface area contributed by atoms with Crippen LogP contribution < -0.4 is 10.1 Å². The number of benzene rings is 1. The molecule has 0 saturated carbocycles. The van der Waals surface area contributed by atoms with Crippen molar-refractivity contribution in [1.29, 1.82) is 0 Å². The summed E-state index contributed by atoms with van der Waals surface area (Å²) in [6.07, 6.45) is 3.18. The van der Waals surface area contributed by atoms with Crippen molar-refractivity contribution < 1.29 is 4.74 Å². The highest BCUT2D eigenvalue weighted by atomic mass is 32.2. The van der Waals surface area contributed by atoms with Crippen LogP contribution in [0.1, 0.15) is 12.0 Å². The van der Waals surface area contributed by atoms with Crippen LogP contribution in [0.3, 0.4) is 0 Å². The third-order valence-corrected chi connectivity index (χ3v) is 4.77. The number of thioether (sulfide) groups is 1. The van der Waals surface area contributed by atoms with Crippen LogP contribution in [0.5, 0.6) is 5.75 Å². The molecule has 2 aromatic rings. The summed E-state index contributed by atoms with van der Waals surface area (Å²) >= 11 is 2.02. The van der Waals surface area contributed by atoms with Gasteiger partial charge in [-0.1, -0.05) is 0 Å². The number of nitrogens with zero attached hydrogens (tertiary/aromatic N) is 1. The molecule has 1 atom stereocenters. The highest BCUT2D eigenvalue weighted by Crippen LogP contribution is 2.24. The predicted molar refractivity (Wildman–Crippen MR) is 83.1 cm³/mol. The molecule has 3 rings (SSSR count). The quantitative estimate of drug-likeness (QED) is 0.888. The molecule has 1 fully saturated rings. The van der Waals surface area contributed by atoms with E-state index in [2.05, 4.69) is 27.6 Å². The number of methoxy groups -OCH3 is 1. The number of aromatic nitrogens is 2. The number of H-pyrrole nitrogens is 1. The van der Waals surface area contributed by atoms with Gasteiger partial charge in [0.15, 0.2) is 0 Å². The summed E-state index contributed by atoms with van der Waals surface area (Å²) in [4.78, 5) is 0. The molecule has 1 saturated heterocycles. The van der Waals surface area contributed by atoms with Gasteiger partial charge in [0.2, 0.25) is 0 Å². The van der Waals surface area contributed by atoms with Crippen molar-refractivity contribution in [2.45, 2.75) is 19.0 Å². The maximum absolute atomic E-state index is 5.19. The molecule has 0 aliphatic carbocycles. The van der Waals surface area contributed by atoms with E-state index >= 15 is 0 Å². The number of aromatic amines is 1. The lowest BCUT2D eigenvalue weighted by Crippen LogP contribution is -2.27. The van der Waals surface area contributed by atoms with E-state index in [0.717, 1.165) is 23.6 Å². The van der Waals surface area contributed by atoms with Crippen molar-refractivity contribution >= 4 is 11.8 Å². The van der Waals surface area contributed by atoms with Crippen LogP contribution in [0.25, 0.3) is 11.3 Å². The second-order valence-electron chi connectivity index (χ2n) is 4.94. The van der Waals surface area contributed by atoms with E-state index in [4.69, 9.17) is 4.74 Å². The Morgan fingerprint density at radius 2 is 2.25 bits per heavy atom. The van der Waals surface area contributed by atoms with Gasteiger partial charge < -0.3 is 10.1 Å². The number of hydrogen-bond acceptors (Lipinski definition) is 4. The van der Waals surface area contributed by atoms with Gasteiger partial charge in [-0.3, -0.25) is 5.10 Å². The van der Waals surface area contributed by atoms with Crippen molar-refractivity contribution in [3.63, 3.8) is 0 Å². The van der Waals surface area contributed by atoms with Gasteiger partial charge in [0.1, 0.15) is 5.75 Å². The number of hydrogen-bond donors (Lipinski definition) is 2. The lowest BCUT2D eigenvalue weighted by molar-refractivity contribution is 0.415. The molecule has 2 N–H and O–H groups in total. The molecule has 5 heteroatoms. The minimum Gasteiger partial charge on any atom is -0.497 e. The van der Waals surface area contributed by atoms with E-state index in [9.17, 15) is 0 Å². The average molecular weight is 289 g/mol. The van der Waals surface area contributed by atoms with Crippen molar-refractivity contribution in [3.05, 3.63) is 36.0 Å². The Morgan fingerprint density at radius 3 is 2.95 bits per heavy atom. The fraction of sp³-hybridized carbons (Fsp3) is 0.400. The second-order valence-corrected chi connectivity index (χ2v) is 6.09. The van der Waals surface area contributed by atoms with Crippen molar-refractivity contribution in [2.75, 3.05) is 18.6 Å². The first-order valence-corrected chi connectivity index (χ1v) is 8.00.